The highest BCUT2D eigenvalue weighted by molar-refractivity contribution is 9.10. The normalized spacial score (nSPS) is 23.2. The molecule has 0 saturated carbocycles. The number of rotatable bonds is 4. The van der Waals surface area contributed by atoms with Gasteiger partial charge in [0.15, 0.2) is 9.84 Å². The maximum Gasteiger partial charge on any atom is 0.150 e. The van der Waals surface area contributed by atoms with Crippen LogP contribution in [0.4, 0.5) is 0 Å². The lowest BCUT2D eigenvalue weighted by Gasteiger charge is -2.23. The number of nitrogens with one attached hydrogen (secondary N) is 1. The fraction of sp³-hybridized carbons (Fsp3) is 0.538. The van der Waals surface area contributed by atoms with Crippen molar-refractivity contribution in [1.82, 2.24) is 5.32 Å². The van der Waals surface area contributed by atoms with Crippen LogP contribution in [0.15, 0.2) is 22.7 Å². The van der Waals surface area contributed by atoms with Gasteiger partial charge in [-0.2, -0.15) is 0 Å². The summed E-state index contributed by atoms with van der Waals surface area (Å²) < 4.78 is 29.3. The van der Waals surface area contributed by atoms with Gasteiger partial charge >= 0.3 is 0 Å². The zero-order valence-corrected chi connectivity index (χ0v) is 13.4. The monoisotopic (exact) mass is 347 g/mol. The van der Waals surface area contributed by atoms with Crippen LogP contribution in [0.25, 0.3) is 0 Å². The molecule has 1 saturated heterocycles. The molecule has 2 atom stereocenters. The summed E-state index contributed by atoms with van der Waals surface area (Å²) in [5, 5.41) is 3.24. The standard InChI is InChI=1S/C13H18BrNO3S/c1-15-13(10-5-6-19(16,17)8-10)9-3-4-12(18-2)11(14)7-9/h3-4,7,10,13,15H,5-6,8H2,1-2H3. The lowest BCUT2D eigenvalue weighted by Crippen LogP contribution is -2.26. The summed E-state index contributed by atoms with van der Waals surface area (Å²) in [5.41, 5.74) is 1.08. The highest BCUT2D eigenvalue weighted by atomic mass is 79.9. The number of ether oxygens (including phenoxy) is 1. The van der Waals surface area contributed by atoms with Crippen LogP contribution in [-0.2, 0) is 9.84 Å². The molecule has 1 N–H and O–H groups in total. The fourth-order valence-electron chi connectivity index (χ4n) is 2.64. The summed E-state index contributed by atoms with van der Waals surface area (Å²) in [5.74, 6) is 1.47. The van der Waals surface area contributed by atoms with Crippen molar-refractivity contribution >= 4 is 25.8 Å². The molecule has 1 heterocycles. The molecule has 4 nitrogen and oxygen atoms in total. The van der Waals surface area contributed by atoms with Crippen LogP contribution in [0.1, 0.15) is 18.0 Å². The second-order valence-corrected chi connectivity index (χ2v) is 7.91. The minimum atomic E-state index is -2.86. The van der Waals surface area contributed by atoms with Crippen molar-refractivity contribution in [3.05, 3.63) is 28.2 Å². The number of sulfone groups is 1. The number of methoxy groups -OCH3 is 1. The Hall–Kier alpha value is -0.590. The van der Waals surface area contributed by atoms with Gasteiger partial charge in [-0.05, 0) is 53.0 Å². The SMILES string of the molecule is CNC(c1ccc(OC)c(Br)c1)C1CCS(=O)(=O)C1. The van der Waals surface area contributed by atoms with Crippen LogP contribution in [0.5, 0.6) is 5.75 Å². The topological polar surface area (TPSA) is 55.4 Å². The molecule has 0 radical (unpaired) electrons. The first-order valence-electron chi connectivity index (χ1n) is 6.18. The minimum Gasteiger partial charge on any atom is -0.496 e. The molecular formula is C13H18BrNO3S. The Labute approximate surface area is 122 Å². The summed E-state index contributed by atoms with van der Waals surface area (Å²) in [6, 6.07) is 5.92. The Morgan fingerprint density at radius 1 is 1.47 bits per heavy atom. The van der Waals surface area contributed by atoms with Crippen LogP contribution in [0.3, 0.4) is 0 Å². The van der Waals surface area contributed by atoms with Gasteiger partial charge in [0, 0.05) is 6.04 Å². The molecule has 1 aromatic carbocycles. The molecule has 19 heavy (non-hydrogen) atoms. The Balaban J connectivity index is 2.25. The second kappa shape index (κ2) is 5.81. The maximum atomic E-state index is 11.6. The Bertz CT molecular complexity index is 559. The van der Waals surface area contributed by atoms with E-state index in [0.717, 1.165) is 22.2 Å². The fourth-order valence-corrected chi connectivity index (χ4v) is 5.04. The zero-order valence-electron chi connectivity index (χ0n) is 11.0. The van der Waals surface area contributed by atoms with Crippen LogP contribution < -0.4 is 10.1 Å². The molecule has 0 amide bonds. The van der Waals surface area contributed by atoms with Crippen LogP contribution in [-0.4, -0.2) is 34.1 Å². The van der Waals surface area contributed by atoms with Crippen molar-refractivity contribution in [2.24, 2.45) is 5.92 Å². The largest absolute Gasteiger partial charge is 0.496 e. The summed E-state index contributed by atoms with van der Waals surface area (Å²) in [4.78, 5) is 0. The Morgan fingerprint density at radius 2 is 2.21 bits per heavy atom. The first-order chi connectivity index (χ1) is 8.96. The van der Waals surface area contributed by atoms with Crippen molar-refractivity contribution in [1.29, 1.82) is 0 Å². The average molecular weight is 348 g/mol. The van der Waals surface area contributed by atoms with E-state index < -0.39 is 9.84 Å². The van der Waals surface area contributed by atoms with Gasteiger partial charge in [-0.25, -0.2) is 8.42 Å². The van der Waals surface area contributed by atoms with Crippen molar-refractivity contribution in [2.45, 2.75) is 12.5 Å². The first-order valence-corrected chi connectivity index (χ1v) is 8.79. The minimum absolute atomic E-state index is 0.0551. The van der Waals surface area contributed by atoms with E-state index >= 15 is 0 Å². The number of halogens is 1. The van der Waals surface area contributed by atoms with Crippen LogP contribution in [0, 0.1) is 5.92 Å². The van der Waals surface area contributed by atoms with Crippen molar-refractivity contribution in [3.8, 4) is 5.75 Å². The predicted molar refractivity (Wildman–Crippen MR) is 79.3 cm³/mol. The molecule has 1 aliphatic heterocycles. The first kappa shape index (κ1) is 14.8. The molecule has 0 bridgehead atoms. The van der Waals surface area contributed by atoms with Gasteiger partial charge < -0.3 is 10.1 Å². The molecular weight excluding hydrogens is 330 g/mol. The van der Waals surface area contributed by atoms with E-state index in [0.29, 0.717) is 5.75 Å². The van der Waals surface area contributed by atoms with Gasteiger partial charge in [0.2, 0.25) is 0 Å². The predicted octanol–water partition coefficient (Wildman–Crippen LogP) is 2.15. The zero-order chi connectivity index (χ0) is 14.0. The van der Waals surface area contributed by atoms with Gasteiger partial charge in [-0.1, -0.05) is 6.07 Å². The Kier molecular flexibility index (Phi) is 4.53. The van der Waals surface area contributed by atoms with Gasteiger partial charge in [-0.3, -0.25) is 0 Å². The molecule has 106 valence electrons. The number of hydrogen-bond donors (Lipinski definition) is 1. The van der Waals surface area contributed by atoms with E-state index in [9.17, 15) is 8.42 Å². The van der Waals surface area contributed by atoms with Gasteiger partial charge in [-0.15, -0.1) is 0 Å². The van der Waals surface area contributed by atoms with Gasteiger partial charge in [0.1, 0.15) is 5.75 Å². The smallest absolute Gasteiger partial charge is 0.150 e. The summed E-state index contributed by atoms with van der Waals surface area (Å²) >= 11 is 3.46. The van der Waals surface area contributed by atoms with E-state index in [1.165, 1.54) is 0 Å². The quantitative estimate of drug-likeness (QED) is 0.906. The molecule has 1 aliphatic rings. The molecule has 2 unspecified atom stereocenters. The summed E-state index contributed by atoms with van der Waals surface area (Å²) in [6.45, 7) is 0. The molecule has 1 aromatic rings. The second-order valence-electron chi connectivity index (χ2n) is 4.82. The van der Waals surface area contributed by atoms with E-state index in [2.05, 4.69) is 21.2 Å². The average Bonchev–Trinajstić information content (AvgIpc) is 2.71. The molecule has 0 spiro atoms. The summed E-state index contributed by atoms with van der Waals surface area (Å²) in [7, 11) is 0.635. The van der Waals surface area contributed by atoms with Gasteiger partial charge in [0.25, 0.3) is 0 Å². The molecule has 1 fully saturated rings. The van der Waals surface area contributed by atoms with Gasteiger partial charge in [0.05, 0.1) is 23.1 Å². The Morgan fingerprint density at radius 3 is 2.68 bits per heavy atom. The number of hydrogen-bond acceptors (Lipinski definition) is 4. The van der Waals surface area contributed by atoms with Crippen molar-refractivity contribution in [2.75, 3.05) is 25.7 Å². The van der Waals surface area contributed by atoms with E-state index in [-0.39, 0.29) is 17.7 Å². The molecule has 0 aromatic heterocycles. The third kappa shape index (κ3) is 3.30. The highest BCUT2D eigenvalue weighted by Gasteiger charge is 2.33. The van der Waals surface area contributed by atoms with E-state index in [1.807, 2.05) is 25.2 Å². The highest BCUT2D eigenvalue weighted by Crippen LogP contribution is 2.34. The molecule has 6 heteroatoms. The summed E-state index contributed by atoms with van der Waals surface area (Å²) in [6.07, 6.45) is 0.720. The van der Waals surface area contributed by atoms with E-state index in [4.69, 9.17) is 4.74 Å². The lowest BCUT2D eigenvalue weighted by molar-refractivity contribution is 0.406. The lowest BCUT2D eigenvalue weighted by atomic mass is 9.92. The van der Waals surface area contributed by atoms with E-state index in [1.54, 1.807) is 7.11 Å². The third-order valence-electron chi connectivity index (χ3n) is 3.59. The maximum absolute atomic E-state index is 11.6. The van der Waals surface area contributed by atoms with Crippen LogP contribution >= 0.6 is 15.9 Å². The van der Waals surface area contributed by atoms with Crippen molar-refractivity contribution in [3.63, 3.8) is 0 Å². The van der Waals surface area contributed by atoms with Crippen molar-refractivity contribution < 1.29 is 13.2 Å². The molecule has 2 rings (SSSR count). The van der Waals surface area contributed by atoms with Crippen LogP contribution in [0.2, 0.25) is 0 Å². The number of benzene rings is 1. The molecule has 0 aliphatic carbocycles. The third-order valence-corrected chi connectivity index (χ3v) is 6.00.